The highest BCUT2D eigenvalue weighted by atomic mass is 16.5. The summed E-state index contributed by atoms with van der Waals surface area (Å²) in [4.78, 5) is 34.9. The molecule has 7 nitrogen and oxygen atoms in total. The van der Waals surface area contributed by atoms with Crippen LogP contribution in [-0.2, 0) is 36.7 Å². The minimum Gasteiger partial charge on any atom is -0.469 e. The van der Waals surface area contributed by atoms with E-state index < -0.39 is 5.97 Å². The number of aromatic nitrogens is 2. The number of ether oxygens (including phenoxy) is 2. The van der Waals surface area contributed by atoms with E-state index in [9.17, 15) is 14.4 Å². The van der Waals surface area contributed by atoms with E-state index in [2.05, 4.69) is 9.84 Å². The Morgan fingerprint density at radius 1 is 1.21 bits per heavy atom. The van der Waals surface area contributed by atoms with Crippen molar-refractivity contribution in [3.05, 3.63) is 17.5 Å². The standard InChI is InChI=1S/C17H22N2O5/c1-23-16(21)8-15(20)10-3-4-14-12(5-10)9-19(18-14)13-6-11(7-13)17(22)24-2/h9-11,13H,3-8H2,1-2H3/t10?,11-,13+. The number of fused-ring (bicyclic) bond motifs is 1. The van der Waals surface area contributed by atoms with Gasteiger partial charge in [-0.05, 0) is 37.7 Å². The molecule has 0 radical (unpaired) electrons. The number of carbonyl (C=O) groups is 3. The summed E-state index contributed by atoms with van der Waals surface area (Å²) in [5.74, 6) is -0.870. The van der Waals surface area contributed by atoms with Gasteiger partial charge in [0.2, 0.25) is 0 Å². The Kier molecular flexibility index (Phi) is 4.69. The van der Waals surface area contributed by atoms with Gasteiger partial charge in [0.15, 0.2) is 0 Å². The topological polar surface area (TPSA) is 87.5 Å². The van der Waals surface area contributed by atoms with E-state index in [4.69, 9.17) is 4.74 Å². The Hall–Kier alpha value is -2.18. The van der Waals surface area contributed by atoms with Crippen LogP contribution in [0.4, 0.5) is 0 Å². The van der Waals surface area contributed by atoms with Crippen molar-refractivity contribution in [1.82, 2.24) is 9.78 Å². The SMILES string of the molecule is COC(=O)CC(=O)C1CCc2nn([C@H]3C[C@@H](C(=O)OC)C3)cc2C1. The number of hydrogen-bond donors (Lipinski definition) is 0. The van der Waals surface area contributed by atoms with Crippen molar-refractivity contribution in [3.63, 3.8) is 0 Å². The quantitative estimate of drug-likeness (QED) is 0.595. The van der Waals surface area contributed by atoms with Crippen LogP contribution in [0.5, 0.6) is 0 Å². The highest BCUT2D eigenvalue weighted by Crippen LogP contribution is 2.39. The van der Waals surface area contributed by atoms with Crippen LogP contribution in [0.25, 0.3) is 0 Å². The van der Waals surface area contributed by atoms with Gasteiger partial charge >= 0.3 is 11.9 Å². The number of hydrogen-bond acceptors (Lipinski definition) is 6. The molecule has 1 saturated carbocycles. The van der Waals surface area contributed by atoms with Gasteiger partial charge < -0.3 is 9.47 Å². The summed E-state index contributed by atoms with van der Waals surface area (Å²) in [5, 5.41) is 4.62. The van der Waals surface area contributed by atoms with Crippen LogP contribution in [0.2, 0.25) is 0 Å². The van der Waals surface area contributed by atoms with Crippen molar-refractivity contribution >= 4 is 17.7 Å². The molecule has 1 aromatic heterocycles. The molecule has 1 heterocycles. The maximum absolute atomic E-state index is 12.2. The fraction of sp³-hybridized carbons (Fsp3) is 0.647. The fourth-order valence-electron chi connectivity index (χ4n) is 3.51. The van der Waals surface area contributed by atoms with E-state index in [-0.39, 0.29) is 36.1 Å². The maximum Gasteiger partial charge on any atom is 0.313 e. The van der Waals surface area contributed by atoms with Crippen LogP contribution < -0.4 is 0 Å². The molecule has 1 atom stereocenters. The first-order valence-corrected chi connectivity index (χ1v) is 8.26. The summed E-state index contributed by atoms with van der Waals surface area (Å²) >= 11 is 0. The molecular formula is C17H22N2O5. The largest absolute Gasteiger partial charge is 0.469 e. The first-order chi connectivity index (χ1) is 11.5. The number of carbonyl (C=O) groups excluding carboxylic acids is 3. The number of aryl methyl sites for hydroxylation is 1. The maximum atomic E-state index is 12.2. The lowest BCUT2D eigenvalue weighted by atomic mass is 9.80. The molecule has 2 aliphatic rings. The minimum atomic E-state index is -0.482. The Labute approximate surface area is 140 Å². The number of rotatable bonds is 5. The molecule has 0 N–H and O–H groups in total. The third-order valence-electron chi connectivity index (χ3n) is 5.11. The van der Waals surface area contributed by atoms with Crippen molar-refractivity contribution in [3.8, 4) is 0 Å². The third-order valence-corrected chi connectivity index (χ3v) is 5.11. The van der Waals surface area contributed by atoms with E-state index in [0.717, 1.165) is 36.9 Å². The third kappa shape index (κ3) is 3.20. The molecule has 3 rings (SSSR count). The Balaban J connectivity index is 1.60. The number of ketones is 1. The monoisotopic (exact) mass is 334 g/mol. The highest BCUT2D eigenvalue weighted by molar-refractivity contribution is 5.97. The van der Waals surface area contributed by atoms with Crippen LogP contribution in [0.3, 0.4) is 0 Å². The second-order valence-electron chi connectivity index (χ2n) is 6.59. The lowest BCUT2D eigenvalue weighted by molar-refractivity contribution is -0.150. The van der Waals surface area contributed by atoms with Gasteiger partial charge in [-0.1, -0.05) is 0 Å². The molecule has 0 saturated heterocycles. The van der Waals surface area contributed by atoms with Crippen LogP contribution in [0, 0.1) is 11.8 Å². The van der Waals surface area contributed by atoms with Gasteiger partial charge in [-0.15, -0.1) is 0 Å². The molecule has 0 amide bonds. The van der Waals surface area contributed by atoms with Gasteiger partial charge in [0.1, 0.15) is 12.2 Å². The van der Waals surface area contributed by atoms with Gasteiger partial charge in [0.25, 0.3) is 0 Å². The first kappa shape index (κ1) is 16.7. The van der Waals surface area contributed by atoms with Crippen molar-refractivity contribution in [2.75, 3.05) is 14.2 Å². The molecule has 1 aromatic rings. The number of Topliss-reactive ketones (excluding diaryl/α,β-unsaturated/α-hetero) is 1. The summed E-state index contributed by atoms with van der Waals surface area (Å²) in [6.45, 7) is 0. The Bertz CT molecular complexity index is 660. The Morgan fingerprint density at radius 3 is 2.62 bits per heavy atom. The predicted octanol–water partition coefficient (Wildman–Crippen LogP) is 1.24. The van der Waals surface area contributed by atoms with Gasteiger partial charge in [0.05, 0.1) is 31.9 Å². The molecule has 0 bridgehead atoms. The van der Waals surface area contributed by atoms with Crippen molar-refractivity contribution in [2.45, 2.75) is 44.6 Å². The average molecular weight is 334 g/mol. The first-order valence-electron chi connectivity index (χ1n) is 8.26. The lowest BCUT2D eigenvalue weighted by Gasteiger charge is -2.33. The van der Waals surface area contributed by atoms with Crippen LogP contribution in [0.1, 0.15) is 43.0 Å². The van der Waals surface area contributed by atoms with E-state index in [1.165, 1.54) is 14.2 Å². The second-order valence-corrected chi connectivity index (χ2v) is 6.59. The predicted molar refractivity (Wildman–Crippen MR) is 83.2 cm³/mol. The van der Waals surface area contributed by atoms with Crippen LogP contribution in [-0.4, -0.2) is 41.7 Å². The van der Waals surface area contributed by atoms with Crippen molar-refractivity contribution < 1.29 is 23.9 Å². The summed E-state index contributed by atoms with van der Waals surface area (Å²) in [6, 6.07) is 0.226. The van der Waals surface area contributed by atoms with E-state index in [1.54, 1.807) is 0 Å². The van der Waals surface area contributed by atoms with Crippen molar-refractivity contribution in [2.24, 2.45) is 11.8 Å². The van der Waals surface area contributed by atoms with Gasteiger partial charge in [-0.25, -0.2) is 0 Å². The zero-order chi connectivity index (χ0) is 17.3. The fourth-order valence-corrected chi connectivity index (χ4v) is 3.51. The zero-order valence-electron chi connectivity index (χ0n) is 14.0. The lowest BCUT2D eigenvalue weighted by Crippen LogP contribution is -2.33. The van der Waals surface area contributed by atoms with E-state index in [1.807, 2.05) is 10.9 Å². The van der Waals surface area contributed by atoms with Crippen LogP contribution >= 0.6 is 0 Å². The number of esters is 2. The number of nitrogens with zero attached hydrogens (tertiary/aromatic N) is 2. The minimum absolute atomic E-state index is 0.0318. The van der Waals surface area contributed by atoms with Gasteiger partial charge in [-0.3, -0.25) is 19.1 Å². The molecule has 2 aliphatic carbocycles. The molecule has 7 heteroatoms. The van der Waals surface area contributed by atoms with Gasteiger partial charge in [0, 0.05) is 12.1 Å². The molecule has 1 fully saturated rings. The average Bonchev–Trinajstić information content (AvgIpc) is 2.95. The van der Waals surface area contributed by atoms with E-state index in [0.29, 0.717) is 6.42 Å². The van der Waals surface area contributed by atoms with E-state index >= 15 is 0 Å². The highest BCUT2D eigenvalue weighted by Gasteiger charge is 2.38. The summed E-state index contributed by atoms with van der Waals surface area (Å²) in [7, 11) is 2.70. The molecule has 24 heavy (non-hydrogen) atoms. The summed E-state index contributed by atoms with van der Waals surface area (Å²) in [5.41, 5.74) is 2.10. The molecule has 0 aliphatic heterocycles. The molecule has 130 valence electrons. The normalized spacial score (nSPS) is 25.3. The Morgan fingerprint density at radius 2 is 1.96 bits per heavy atom. The number of methoxy groups -OCH3 is 2. The molecular weight excluding hydrogens is 312 g/mol. The second kappa shape index (κ2) is 6.75. The van der Waals surface area contributed by atoms with Gasteiger partial charge in [-0.2, -0.15) is 5.10 Å². The zero-order valence-corrected chi connectivity index (χ0v) is 14.0. The summed E-state index contributed by atoms with van der Waals surface area (Å²) < 4.78 is 11.2. The van der Waals surface area contributed by atoms with Crippen molar-refractivity contribution in [1.29, 1.82) is 0 Å². The molecule has 0 spiro atoms. The van der Waals surface area contributed by atoms with Crippen LogP contribution in [0.15, 0.2) is 6.20 Å². The summed E-state index contributed by atoms with van der Waals surface area (Å²) in [6.07, 6.45) is 5.41. The molecule has 1 unspecified atom stereocenters. The molecule has 0 aromatic carbocycles. The smallest absolute Gasteiger partial charge is 0.313 e.